The SMILES string of the molecule is CCOc1ccc2cc(C(=O)NC3C4CCC(CC4)[C@@]34CN4)sc2c1. The zero-order valence-electron chi connectivity index (χ0n) is 14.5. The fraction of sp³-hybridized carbons (Fsp3) is 0.550. The van der Waals surface area contributed by atoms with Gasteiger partial charge in [-0.15, -0.1) is 11.3 Å². The Labute approximate surface area is 151 Å². The largest absolute Gasteiger partial charge is 0.494 e. The maximum atomic E-state index is 12.9. The van der Waals surface area contributed by atoms with Crippen LogP contribution in [-0.4, -0.2) is 30.6 Å². The van der Waals surface area contributed by atoms with Crippen LogP contribution in [0.1, 0.15) is 42.3 Å². The smallest absolute Gasteiger partial charge is 0.261 e. The van der Waals surface area contributed by atoms with Crippen LogP contribution >= 0.6 is 11.3 Å². The second kappa shape index (κ2) is 5.71. The summed E-state index contributed by atoms with van der Waals surface area (Å²) in [5.41, 5.74) is 0.204. The summed E-state index contributed by atoms with van der Waals surface area (Å²) in [5.74, 6) is 2.35. The highest BCUT2D eigenvalue weighted by atomic mass is 32.1. The number of benzene rings is 1. The maximum absolute atomic E-state index is 12.9. The Hall–Kier alpha value is -1.59. The predicted molar refractivity (Wildman–Crippen MR) is 100 cm³/mol. The molecule has 6 rings (SSSR count). The highest BCUT2D eigenvalue weighted by Gasteiger charge is 2.61. The normalized spacial score (nSPS) is 32.9. The van der Waals surface area contributed by atoms with E-state index in [9.17, 15) is 4.79 Å². The van der Waals surface area contributed by atoms with Crippen LogP contribution in [0.5, 0.6) is 5.75 Å². The fourth-order valence-electron chi connectivity index (χ4n) is 5.09. The number of amides is 1. The Morgan fingerprint density at radius 3 is 2.84 bits per heavy atom. The minimum absolute atomic E-state index is 0.0878. The van der Waals surface area contributed by atoms with Gasteiger partial charge in [0.25, 0.3) is 5.91 Å². The van der Waals surface area contributed by atoms with Gasteiger partial charge in [-0.05, 0) is 74.1 Å². The highest BCUT2D eigenvalue weighted by molar-refractivity contribution is 7.20. The molecular formula is C20H24N2O2S. The number of rotatable bonds is 4. The molecule has 25 heavy (non-hydrogen) atoms. The molecule has 2 bridgehead atoms. The average Bonchev–Trinajstić information content (AvgIpc) is 3.29. The van der Waals surface area contributed by atoms with Gasteiger partial charge in [-0.3, -0.25) is 4.79 Å². The van der Waals surface area contributed by atoms with Gasteiger partial charge in [-0.1, -0.05) is 0 Å². The minimum Gasteiger partial charge on any atom is -0.494 e. The molecule has 3 aliphatic carbocycles. The van der Waals surface area contributed by atoms with Crippen molar-refractivity contribution < 1.29 is 9.53 Å². The number of thiophene rings is 1. The molecule has 2 N–H and O–H groups in total. The first kappa shape index (κ1) is 15.6. The average molecular weight is 356 g/mol. The van der Waals surface area contributed by atoms with E-state index >= 15 is 0 Å². The Kier molecular flexibility index (Phi) is 3.57. The summed E-state index contributed by atoms with van der Waals surface area (Å²) in [4.78, 5) is 13.7. The highest BCUT2D eigenvalue weighted by Crippen LogP contribution is 2.51. The van der Waals surface area contributed by atoms with Crippen LogP contribution in [0, 0.1) is 11.8 Å². The first-order chi connectivity index (χ1) is 12.2. The number of fused-ring (bicyclic) bond motifs is 3. The van der Waals surface area contributed by atoms with E-state index in [0.717, 1.165) is 33.2 Å². The zero-order chi connectivity index (χ0) is 17.0. The number of hydrogen-bond acceptors (Lipinski definition) is 4. The second-order valence-corrected chi connectivity index (χ2v) is 8.78. The molecular weight excluding hydrogens is 332 g/mol. The van der Waals surface area contributed by atoms with Crippen molar-refractivity contribution in [1.82, 2.24) is 10.6 Å². The van der Waals surface area contributed by atoms with E-state index in [0.29, 0.717) is 18.6 Å². The van der Waals surface area contributed by atoms with E-state index in [1.165, 1.54) is 25.7 Å². The van der Waals surface area contributed by atoms with Crippen LogP contribution < -0.4 is 15.4 Å². The van der Waals surface area contributed by atoms with Crippen molar-refractivity contribution in [2.24, 2.45) is 11.8 Å². The molecule has 2 atom stereocenters. The second-order valence-electron chi connectivity index (χ2n) is 7.70. The van der Waals surface area contributed by atoms with Crippen molar-refractivity contribution in [3.63, 3.8) is 0 Å². The third-order valence-electron chi connectivity index (χ3n) is 6.42. The predicted octanol–water partition coefficient (Wildman–Crippen LogP) is 3.56. The van der Waals surface area contributed by atoms with Crippen LogP contribution in [0.3, 0.4) is 0 Å². The number of nitrogens with one attached hydrogen (secondary N) is 2. The lowest BCUT2D eigenvalue weighted by Gasteiger charge is -2.48. The summed E-state index contributed by atoms with van der Waals surface area (Å²) in [7, 11) is 0. The van der Waals surface area contributed by atoms with Crippen LogP contribution in [0.2, 0.25) is 0 Å². The Bertz CT molecular complexity index is 818. The molecule has 1 aromatic carbocycles. The lowest BCUT2D eigenvalue weighted by molar-refractivity contribution is 0.0637. The number of ether oxygens (including phenoxy) is 1. The molecule has 1 spiro atoms. The Balaban J connectivity index is 1.38. The summed E-state index contributed by atoms with van der Waals surface area (Å²) in [5, 5.41) is 8.12. The maximum Gasteiger partial charge on any atom is 0.261 e. The van der Waals surface area contributed by atoms with Crippen LogP contribution in [0.25, 0.3) is 10.1 Å². The molecule has 1 amide bonds. The standard InChI is InChI=1S/C20H24N2O2S/c1-2-24-15-8-5-13-9-17(25-16(13)10-15)19(23)22-18-12-3-6-14(7-4-12)20(18)11-21-20/h5,8-10,12,14,18,21H,2-4,6-7,11H2,1H3,(H,22,23)/t12?,14?,18?,20-/m0/s1. The fourth-order valence-corrected chi connectivity index (χ4v) is 6.09. The van der Waals surface area contributed by atoms with E-state index in [-0.39, 0.29) is 11.4 Å². The summed E-state index contributed by atoms with van der Waals surface area (Å²) >= 11 is 1.56. The lowest BCUT2D eigenvalue weighted by Crippen LogP contribution is -2.60. The summed E-state index contributed by atoms with van der Waals surface area (Å²) in [6.07, 6.45) is 5.19. The molecule has 1 aromatic heterocycles. The van der Waals surface area contributed by atoms with E-state index in [4.69, 9.17) is 4.74 Å². The number of carbonyl (C=O) groups excluding carboxylic acids is 1. The van der Waals surface area contributed by atoms with Crippen molar-refractivity contribution in [3.05, 3.63) is 29.1 Å². The molecule has 0 radical (unpaired) electrons. The van der Waals surface area contributed by atoms with Crippen LogP contribution in [0.4, 0.5) is 0 Å². The van der Waals surface area contributed by atoms with Gasteiger partial charge in [0.2, 0.25) is 0 Å². The molecule has 1 aliphatic heterocycles. The van der Waals surface area contributed by atoms with Gasteiger partial charge < -0.3 is 15.4 Å². The third kappa shape index (κ3) is 2.48. The first-order valence-corrected chi connectivity index (χ1v) is 10.2. The quantitative estimate of drug-likeness (QED) is 0.824. The minimum atomic E-state index is 0.0878. The van der Waals surface area contributed by atoms with Gasteiger partial charge in [0, 0.05) is 11.2 Å². The van der Waals surface area contributed by atoms with Crippen molar-refractivity contribution in [3.8, 4) is 5.75 Å². The van der Waals surface area contributed by atoms with Gasteiger partial charge in [0.1, 0.15) is 5.75 Å². The molecule has 3 saturated carbocycles. The summed E-state index contributed by atoms with van der Waals surface area (Å²) in [6, 6.07) is 8.37. The zero-order valence-corrected chi connectivity index (χ0v) is 15.3. The van der Waals surface area contributed by atoms with E-state index in [1.54, 1.807) is 11.3 Å². The van der Waals surface area contributed by atoms with Crippen molar-refractivity contribution in [2.45, 2.75) is 44.2 Å². The van der Waals surface area contributed by atoms with Gasteiger partial charge in [0.05, 0.1) is 23.1 Å². The molecule has 1 unspecified atom stereocenters. The van der Waals surface area contributed by atoms with Crippen molar-refractivity contribution in [2.75, 3.05) is 13.2 Å². The van der Waals surface area contributed by atoms with Gasteiger partial charge >= 0.3 is 0 Å². The number of carbonyl (C=O) groups is 1. The topological polar surface area (TPSA) is 60.3 Å². The molecule has 2 heterocycles. The molecule has 132 valence electrons. The van der Waals surface area contributed by atoms with E-state index in [1.807, 2.05) is 31.2 Å². The Morgan fingerprint density at radius 1 is 1.32 bits per heavy atom. The molecule has 4 nitrogen and oxygen atoms in total. The Morgan fingerprint density at radius 2 is 2.12 bits per heavy atom. The molecule has 5 heteroatoms. The van der Waals surface area contributed by atoms with Gasteiger partial charge in [-0.2, -0.15) is 0 Å². The van der Waals surface area contributed by atoms with E-state index < -0.39 is 0 Å². The van der Waals surface area contributed by atoms with Crippen LogP contribution in [0.15, 0.2) is 24.3 Å². The van der Waals surface area contributed by atoms with Crippen LogP contribution in [-0.2, 0) is 0 Å². The monoisotopic (exact) mass is 356 g/mol. The molecule has 1 saturated heterocycles. The van der Waals surface area contributed by atoms with E-state index in [2.05, 4.69) is 10.6 Å². The lowest BCUT2D eigenvalue weighted by atomic mass is 9.61. The summed E-state index contributed by atoms with van der Waals surface area (Å²) < 4.78 is 6.68. The molecule has 2 aromatic rings. The van der Waals surface area contributed by atoms with Crippen molar-refractivity contribution in [1.29, 1.82) is 0 Å². The van der Waals surface area contributed by atoms with Gasteiger partial charge in [-0.25, -0.2) is 0 Å². The summed E-state index contributed by atoms with van der Waals surface area (Å²) in [6.45, 7) is 3.71. The molecule has 4 aliphatic rings. The van der Waals surface area contributed by atoms with Gasteiger partial charge in [0.15, 0.2) is 0 Å². The third-order valence-corrected chi connectivity index (χ3v) is 7.52. The first-order valence-electron chi connectivity index (χ1n) is 9.42. The number of hydrogen-bond donors (Lipinski definition) is 2. The van der Waals surface area contributed by atoms with Crippen molar-refractivity contribution >= 4 is 27.3 Å². The molecule has 4 fully saturated rings.